The van der Waals surface area contributed by atoms with Crippen LogP contribution in [-0.4, -0.2) is 9.55 Å². The van der Waals surface area contributed by atoms with Gasteiger partial charge in [-0.15, -0.1) is 0 Å². The van der Waals surface area contributed by atoms with Crippen molar-refractivity contribution in [2.24, 2.45) is 7.05 Å². The summed E-state index contributed by atoms with van der Waals surface area (Å²) in [4.78, 5) is 25.4. The number of hydrogen-bond acceptors (Lipinski definition) is 3. The van der Waals surface area contributed by atoms with Gasteiger partial charge in [0.2, 0.25) is 0 Å². The van der Waals surface area contributed by atoms with Crippen molar-refractivity contribution >= 4 is 0 Å². The fraction of sp³-hybridized carbons (Fsp3) is 0.158. The Labute approximate surface area is 139 Å². The van der Waals surface area contributed by atoms with Crippen LogP contribution < -0.4 is 11.2 Å². The molecule has 2 aromatic carbocycles. The standard InChI is InChI=1S/C19H18N2O3/c1-21-11-16(18(22)20-19(21)23)13-24-12-15-9-5-6-10-17(15)14-7-3-2-4-8-14/h2-11H,12-13H2,1H3,(H,20,22,23). The number of nitrogens with zero attached hydrogens (tertiary/aromatic N) is 1. The monoisotopic (exact) mass is 322 g/mol. The summed E-state index contributed by atoms with van der Waals surface area (Å²) in [7, 11) is 1.59. The van der Waals surface area contributed by atoms with Gasteiger partial charge < -0.3 is 9.30 Å². The molecule has 5 heteroatoms. The molecule has 0 aliphatic carbocycles. The van der Waals surface area contributed by atoms with E-state index < -0.39 is 11.2 Å². The van der Waals surface area contributed by atoms with E-state index in [1.807, 2.05) is 42.5 Å². The highest BCUT2D eigenvalue weighted by atomic mass is 16.5. The van der Waals surface area contributed by atoms with Crippen LogP contribution in [0.3, 0.4) is 0 Å². The third-order valence-corrected chi connectivity index (χ3v) is 3.80. The van der Waals surface area contributed by atoms with Gasteiger partial charge in [-0.2, -0.15) is 0 Å². The van der Waals surface area contributed by atoms with Crippen LogP contribution in [0.1, 0.15) is 11.1 Å². The summed E-state index contributed by atoms with van der Waals surface area (Å²) in [6.45, 7) is 0.528. The third-order valence-electron chi connectivity index (χ3n) is 3.80. The molecule has 0 bridgehead atoms. The van der Waals surface area contributed by atoms with Crippen molar-refractivity contribution in [2.75, 3.05) is 0 Å². The Morgan fingerprint density at radius 2 is 1.58 bits per heavy atom. The van der Waals surface area contributed by atoms with Crippen molar-refractivity contribution in [1.82, 2.24) is 9.55 Å². The van der Waals surface area contributed by atoms with Crippen molar-refractivity contribution in [2.45, 2.75) is 13.2 Å². The topological polar surface area (TPSA) is 64.1 Å². The molecule has 1 N–H and O–H groups in total. The van der Waals surface area contributed by atoms with Gasteiger partial charge in [0, 0.05) is 13.2 Å². The Morgan fingerprint density at radius 3 is 2.38 bits per heavy atom. The minimum Gasteiger partial charge on any atom is -0.372 e. The second-order valence-electron chi connectivity index (χ2n) is 5.54. The largest absolute Gasteiger partial charge is 0.372 e. The molecule has 0 aliphatic heterocycles. The Hall–Kier alpha value is -2.92. The fourth-order valence-corrected chi connectivity index (χ4v) is 2.54. The zero-order valence-electron chi connectivity index (χ0n) is 13.4. The van der Waals surface area contributed by atoms with Gasteiger partial charge >= 0.3 is 5.69 Å². The van der Waals surface area contributed by atoms with Gasteiger partial charge in [0.15, 0.2) is 0 Å². The highest BCUT2D eigenvalue weighted by molar-refractivity contribution is 5.66. The first kappa shape index (κ1) is 16.0. The van der Waals surface area contributed by atoms with E-state index in [9.17, 15) is 9.59 Å². The molecule has 0 aliphatic rings. The number of nitrogens with one attached hydrogen (secondary N) is 1. The molecule has 0 atom stereocenters. The van der Waals surface area contributed by atoms with Crippen molar-refractivity contribution < 1.29 is 4.74 Å². The normalized spacial score (nSPS) is 10.7. The van der Waals surface area contributed by atoms with Gasteiger partial charge in [-0.3, -0.25) is 9.78 Å². The number of ether oxygens (including phenoxy) is 1. The fourth-order valence-electron chi connectivity index (χ4n) is 2.54. The summed E-state index contributed by atoms with van der Waals surface area (Å²) in [5, 5.41) is 0. The van der Waals surface area contributed by atoms with Crippen LogP contribution in [-0.2, 0) is 25.0 Å². The Morgan fingerprint density at radius 1 is 0.917 bits per heavy atom. The maximum absolute atomic E-state index is 11.8. The zero-order valence-corrected chi connectivity index (χ0v) is 13.4. The quantitative estimate of drug-likeness (QED) is 0.785. The van der Waals surface area contributed by atoms with Crippen molar-refractivity contribution in [3.63, 3.8) is 0 Å². The second-order valence-corrected chi connectivity index (χ2v) is 5.54. The van der Waals surface area contributed by atoms with Gasteiger partial charge in [0.25, 0.3) is 5.56 Å². The number of benzene rings is 2. The number of hydrogen-bond donors (Lipinski definition) is 1. The molecule has 3 rings (SSSR count). The van der Waals surface area contributed by atoms with E-state index in [0.29, 0.717) is 12.2 Å². The second kappa shape index (κ2) is 7.10. The lowest BCUT2D eigenvalue weighted by molar-refractivity contribution is 0.106. The number of aryl methyl sites for hydroxylation is 1. The SMILES string of the molecule is Cn1cc(COCc2ccccc2-c2ccccc2)c(=O)[nH]c1=O. The van der Waals surface area contributed by atoms with Gasteiger partial charge in [-0.1, -0.05) is 54.6 Å². The molecule has 24 heavy (non-hydrogen) atoms. The number of rotatable bonds is 5. The molecule has 5 nitrogen and oxygen atoms in total. The van der Waals surface area contributed by atoms with Gasteiger partial charge in [-0.05, 0) is 16.7 Å². The molecule has 0 saturated heterocycles. The first-order valence-corrected chi connectivity index (χ1v) is 7.65. The zero-order chi connectivity index (χ0) is 16.9. The first-order chi connectivity index (χ1) is 11.6. The van der Waals surface area contributed by atoms with E-state index in [2.05, 4.69) is 17.1 Å². The predicted molar refractivity (Wildman–Crippen MR) is 92.7 cm³/mol. The molecule has 1 aromatic heterocycles. The molecule has 0 fully saturated rings. The molecule has 0 unspecified atom stereocenters. The lowest BCUT2D eigenvalue weighted by Crippen LogP contribution is -2.30. The van der Waals surface area contributed by atoms with Crippen molar-refractivity contribution in [1.29, 1.82) is 0 Å². The Bertz CT molecular complexity index is 943. The summed E-state index contributed by atoms with van der Waals surface area (Å²) in [6.07, 6.45) is 1.50. The van der Waals surface area contributed by atoms with E-state index in [1.165, 1.54) is 10.8 Å². The highest BCUT2D eigenvalue weighted by Gasteiger charge is 2.06. The Balaban J connectivity index is 1.76. The van der Waals surface area contributed by atoms with Gasteiger partial charge in [-0.25, -0.2) is 4.79 Å². The van der Waals surface area contributed by atoms with Crippen LogP contribution in [0.25, 0.3) is 11.1 Å². The van der Waals surface area contributed by atoms with Crippen molar-refractivity contribution in [3.05, 3.63) is 92.8 Å². The first-order valence-electron chi connectivity index (χ1n) is 7.65. The molecule has 1 heterocycles. The minimum atomic E-state index is -0.432. The molecule has 0 saturated carbocycles. The van der Waals surface area contributed by atoms with Crippen LogP contribution in [0.2, 0.25) is 0 Å². The summed E-state index contributed by atoms with van der Waals surface area (Å²) in [5.74, 6) is 0. The molecular formula is C19H18N2O3. The van der Waals surface area contributed by atoms with Gasteiger partial charge in [0.1, 0.15) is 0 Å². The molecular weight excluding hydrogens is 304 g/mol. The number of aromatic amines is 1. The number of H-pyrrole nitrogens is 1. The average Bonchev–Trinajstić information content (AvgIpc) is 2.60. The average molecular weight is 322 g/mol. The van der Waals surface area contributed by atoms with E-state index in [0.717, 1.165) is 16.7 Å². The van der Waals surface area contributed by atoms with Gasteiger partial charge in [0.05, 0.1) is 18.8 Å². The lowest BCUT2D eigenvalue weighted by atomic mass is 10.0. The molecule has 3 aromatic rings. The summed E-state index contributed by atoms with van der Waals surface area (Å²) in [5.41, 5.74) is 2.86. The highest BCUT2D eigenvalue weighted by Crippen LogP contribution is 2.24. The van der Waals surface area contributed by atoms with E-state index >= 15 is 0 Å². The summed E-state index contributed by atoms with van der Waals surface area (Å²) >= 11 is 0. The minimum absolute atomic E-state index is 0.145. The van der Waals surface area contributed by atoms with Crippen LogP contribution in [0.4, 0.5) is 0 Å². The smallest absolute Gasteiger partial charge is 0.328 e. The van der Waals surface area contributed by atoms with Crippen LogP contribution >= 0.6 is 0 Å². The predicted octanol–water partition coefficient (Wildman–Crippen LogP) is 2.46. The number of aromatic nitrogens is 2. The Kier molecular flexibility index (Phi) is 4.72. The maximum atomic E-state index is 11.8. The maximum Gasteiger partial charge on any atom is 0.328 e. The molecule has 0 amide bonds. The van der Waals surface area contributed by atoms with E-state index in [4.69, 9.17) is 4.74 Å². The molecule has 122 valence electrons. The van der Waals surface area contributed by atoms with E-state index in [-0.39, 0.29) is 6.61 Å². The van der Waals surface area contributed by atoms with Crippen molar-refractivity contribution in [3.8, 4) is 11.1 Å². The summed E-state index contributed by atoms with van der Waals surface area (Å²) in [6, 6.07) is 18.1. The van der Waals surface area contributed by atoms with Crippen LogP contribution in [0.15, 0.2) is 70.4 Å². The molecule has 0 spiro atoms. The van der Waals surface area contributed by atoms with Crippen LogP contribution in [0, 0.1) is 0 Å². The van der Waals surface area contributed by atoms with Crippen LogP contribution in [0.5, 0.6) is 0 Å². The molecule has 0 radical (unpaired) electrons. The summed E-state index contributed by atoms with van der Waals surface area (Å²) < 4.78 is 7.04. The third kappa shape index (κ3) is 3.52. The lowest BCUT2D eigenvalue weighted by Gasteiger charge is -2.10. The van der Waals surface area contributed by atoms with E-state index in [1.54, 1.807) is 7.05 Å².